The molecule has 4 rings (SSSR count). The normalized spacial score (nSPS) is 32.1. The summed E-state index contributed by atoms with van der Waals surface area (Å²) in [5.74, 6) is 0.334. The van der Waals surface area contributed by atoms with Gasteiger partial charge in [-0.15, -0.1) is 0 Å². The van der Waals surface area contributed by atoms with Gasteiger partial charge in [-0.25, -0.2) is 4.79 Å². The monoisotopic (exact) mass is 385 g/mol. The zero-order valence-electron chi connectivity index (χ0n) is 16.9. The van der Waals surface area contributed by atoms with Gasteiger partial charge < -0.3 is 15.3 Å². The third-order valence-corrected chi connectivity index (χ3v) is 7.03. The molecule has 1 aromatic carbocycles. The maximum Gasteiger partial charge on any atom is 0.356 e. The van der Waals surface area contributed by atoms with E-state index in [4.69, 9.17) is 4.74 Å². The third kappa shape index (κ3) is 2.98. The molecular formula is C22H31N3O3. The molecule has 2 fully saturated rings. The van der Waals surface area contributed by atoms with Crippen molar-refractivity contribution in [2.45, 2.75) is 63.5 Å². The van der Waals surface area contributed by atoms with Gasteiger partial charge in [-0.2, -0.15) is 0 Å². The lowest BCUT2D eigenvalue weighted by molar-refractivity contribution is -0.135. The molecule has 28 heavy (non-hydrogen) atoms. The molecule has 0 spiro atoms. The molecule has 0 aliphatic carbocycles. The Hall–Kier alpha value is -2.08. The fraction of sp³-hybridized carbons (Fsp3) is 0.636. The first-order valence-corrected chi connectivity index (χ1v) is 10.6. The summed E-state index contributed by atoms with van der Waals surface area (Å²) in [6, 6.07) is 8.79. The van der Waals surface area contributed by atoms with E-state index in [0.717, 1.165) is 31.6 Å². The van der Waals surface area contributed by atoms with Gasteiger partial charge in [-0.05, 0) is 56.8 Å². The molecule has 2 N–H and O–H groups in total. The summed E-state index contributed by atoms with van der Waals surface area (Å²) in [6.45, 7) is 6.48. The molecule has 0 radical (unpaired) electrons. The van der Waals surface area contributed by atoms with Gasteiger partial charge in [-0.1, -0.05) is 36.7 Å². The first-order valence-electron chi connectivity index (χ1n) is 10.6. The number of esters is 1. The average Bonchev–Trinajstić information content (AvgIpc) is 3.06. The Morgan fingerprint density at radius 3 is 2.89 bits per heavy atom. The Kier molecular flexibility index (Phi) is 5.32. The van der Waals surface area contributed by atoms with E-state index in [0.29, 0.717) is 24.3 Å². The summed E-state index contributed by atoms with van der Waals surface area (Å²) in [5, 5.41) is 16.9. The van der Waals surface area contributed by atoms with Gasteiger partial charge in [0.25, 0.3) is 0 Å². The van der Waals surface area contributed by atoms with Crippen LogP contribution in [0.3, 0.4) is 0 Å². The van der Waals surface area contributed by atoms with Crippen molar-refractivity contribution in [3.05, 3.63) is 29.8 Å². The zero-order chi connectivity index (χ0) is 19.7. The van der Waals surface area contributed by atoms with E-state index in [1.165, 1.54) is 18.4 Å². The van der Waals surface area contributed by atoms with Crippen LogP contribution in [0.2, 0.25) is 0 Å². The van der Waals surface area contributed by atoms with Crippen LogP contribution < -0.4 is 5.32 Å². The molecule has 0 bridgehead atoms. The fourth-order valence-corrected chi connectivity index (χ4v) is 6.01. The Balaban J connectivity index is 1.78. The quantitative estimate of drug-likeness (QED) is 0.351. The molecule has 4 atom stereocenters. The van der Waals surface area contributed by atoms with Gasteiger partial charge in [-0.3, -0.25) is 4.90 Å². The minimum Gasteiger partial charge on any atom is -0.461 e. The Bertz CT molecular complexity index is 759. The van der Waals surface area contributed by atoms with Crippen molar-refractivity contribution in [1.29, 1.82) is 0 Å². The van der Waals surface area contributed by atoms with Crippen molar-refractivity contribution in [1.82, 2.24) is 4.90 Å². The van der Waals surface area contributed by atoms with Gasteiger partial charge in [0.1, 0.15) is 0 Å². The molecule has 1 aromatic rings. The summed E-state index contributed by atoms with van der Waals surface area (Å²) in [4.78, 5) is 15.1. The summed E-state index contributed by atoms with van der Waals surface area (Å²) in [5.41, 5.74) is 2.24. The van der Waals surface area contributed by atoms with Gasteiger partial charge in [0, 0.05) is 24.1 Å². The second kappa shape index (κ2) is 7.74. The number of carbonyl (C=O) groups excluding carboxylic acids is 1. The highest BCUT2D eigenvalue weighted by atomic mass is 16.5. The van der Waals surface area contributed by atoms with Crippen LogP contribution in [-0.4, -0.2) is 53.1 Å². The predicted octanol–water partition coefficient (Wildman–Crippen LogP) is 3.61. The first-order chi connectivity index (χ1) is 13.6. The Morgan fingerprint density at radius 1 is 1.32 bits per heavy atom. The highest BCUT2D eigenvalue weighted by Crippen LogP contribution is 2.55. The summed E-state index contributed by atoms with van der Waals surface area (Å²) >= 11 is 0. The number of ether oxygens (including phenoxy) is 1. The largest absolute Gasteiger partial charge is 0.461 e. The van der Waals surface area contributed by atoms with Crippen LogP contribution in [0.4, 0.5) is 5.69 Å². The van der Waals surface area contributed by atoms with Crippen LogP contribution in [0.5, 0.6) is 0 Å². The standard InChI is InChI=1S/C22H31N3O3/c1-3-15-8-7-12-25-13-11-17-16-9-5-6-10-18(16)23-22(17,20(15)25)14-19(24-27)21(26)28-4-2/h5-6,9-10,15,17,20,23,27H,3-4,7-8,11-14H2,1-2H3/t15-,17?,20?,22?/m0/s1. The number of para-hydroxylation sites is 1. The van der Waals surface area contributed by atoms with Gasteiger partial charge >= 0.3 is 5.97 Å². The van der Waals surface area contributed by atoms with Crippen molar-refractivity contribution >= 4 is 17.4 Å². The smallest absolute Gasteiger partial charge is 0.356 e. The minimum absolute atomic E-state index is 0.120. The average molecular weight is 386 g/mol. The SMILES string of the molecule is CCOC(=O)C(CC12Nc3ccccc3C1CCN1CCC[C@H](CC)C12)=NO. The Morgan fingerprint density at radius 2 is 2.14 bits per heavy atom. The first kappa shape index (κ1) is 19.2. The Labute approximate surface area is 166 Å². The van der Waals surface area contributed by atoms with Crippen molar-refractivity contribution in [2.24, 2.45) is 11.1 Å². The number of hydrogen-bond acceptors (Lipinski definition) is 6. The minimum atomic E-state index is -0.517. The lowest BCUT2D eigenvalue weighted by Crippen LogP contribution is -2.67. The molecule has 3 aliphatic rings. The summed E-state index contributed by atoms with van der Waals surface area (Å²) in [7, 11) is 0. The maximum atomic E-state index is 12.5. The second-order valence-electron chi connectivity index (χ2n) is 8.33. The van der Waals surface area contributed by atoms with Crippen LogP contribution >= 0.6 is 0 Å². The van der Waals surface area contributed by atoms with E-state index in [1.807, 2.05) is 0 Å². The molecule has 2 saturated heterocycles. The predicted molar refractivity (Wildman–Crippen MR) is 109 cm³/mol. The van der Waals surface area contributed by atoms with Crippen molar-refractivity contribution in [3.63, 3.8) is 0 Å². The van der Waals surface area contributed by atoms with E-state index in [9.17, 15) is 10.0 Å². The van der Waals surface area contributed by atoms with Crippen LogP contribution in [-0.2, 0) is 9.53 Å². The lowest BCUT2D eigenvalue weighted by Gasteiger charge is -2.56. The lowest BCUT2D eigenvalue weighted by atomic mass is 9.63. The van der Waals surface area contributed by atoms with Gasteiger partial charge in [0.2, 0.25) is 0 Å². The zero-order valence-corrected chi connectivity index (χ0v) is 16.9. The van der Waals surface area contributed by atoms with Crippen LogP contribution in [0, 0.1) is 5.92 Å². The topological polar surface area (TPSA) is 74.2 Å². The highest BCUT2D eigenvalue weighted by molar-refractivity contribution is 6.36. The van der Waals surface area contributed by atoms with Crippen LogP contribution in [0.15, 0.2) is 29.4 Å². The molecule has 0 aromatic heterocycles. The van der Waals surface area contributed by atoms with E-state index >= 15 is 0 Å². The van der Waals surface area contributed by atoms with E-state index in [1.54, 1.807) is 6.92 Å². The van der Waals surface area contributed by atoms with Gasteiger partial charge in [0.05, 0.1) is 12.1 Å². The fourth-order valence-electron chi connectivity index (χ4n) is 6.01. The number of nitrogens with zero attached hydrogens (tertiary/aromatic N) is 2. The molecule has 6 nitrogen and oxygen atoms in total. The number of benzene rings is 1. The van der Waals surface area contributed by atoms with E-state index in [-0.39, 0.29) is 17.9 Å². The molecule has 0 saturated carbocycles. The van der Waals surface area contributed by atoms with E-state index < -0.39 is 5.97 Å². The van der Waals surface area contributed by atoms with Crippen LogP contribution in [0.25, 0.3) is 0 Å². The number of hydrogen-bond donors (Lipinski definition) is 2. The molecule has 3 heterocycles. The second-order valence-corrected chi connectivity index (χ2v) is 8.33. The van der Waals surface area contributed by atoms with Crippen LogP contribution in [0.1, 0.15) is 57.4 Å². The van der Waals surface area contributed by atoms with Crippen molar-refractivity contribution in [3.8, 4) is 0 Å². The number of carbonyl (C=O) groups is 1. The summed E-state index contributed by atoms with van der Waals surface area (Å²) in [6.07, 6.45) is 4.95. The number of anilines is 1. The molecule has 3 unspecified atom stereocenters. The van der Waals surface area contributed by atoms with E-state index in [2.05, 4.69) is 46.6 Å². The maximum absolute atomic E-state index is 12.5. The number of rotatable bonds is 5. The molecule has 152 valence electrons. The van der Waals surface area contributed by atoms with Crippen molar-refractivity contribution < 1.29 is 14.7 Å². The molecule has 0 amide bonds. The number of nitrogens with one attached hydrogen (secondary N) is 1. The molecular weight excluding hydrogens is 354 g/mol. The number of piperidine rings is 2. The molecule has 3 aliphatic heterocycles. The third-order valence-electron chi connectivity index (χ3n) is 7.03. The van der Waals surface area contributed by atoms with Gasteiger partial charge in [0.15, 0.2) is 5.71 Å². The number of fused-ring (bicyclic) bond motifs is 5. The summed E-state index contributed by atoms with van der Waals surface area (Å²) < 4.78 is 5.18. The number of oxime groups is 1. The highest BCUT2D eigenvalue weighted by Gasteiger charge is 2.58. The van der Waals surface area contributed by atoms with Crippen molar-refractivity contribution in [2.75, 3.05) is 25.0 Å². The molecule has 6 heteroatoms.